The fourth-order valence-electron chi connectivity index (χ4n) is 5.08. The van der Waals surface area contributed by atoms with Crippen LogP contribution in [0.5, 0.6) is 23.0 Å². The Balaban J connectivity index is 1.68. The summed E-state index contributed by atoms with van der Waals surface area (Å²) in [6.07, 6.45) is 0.966. The van der Waals surface area contributed by atoms with Crippen molar-refractivity contribution in [1.29, 1.82) is 0 Å². The fourth-order valence-corrected chi connectivity index (χ4v) is 5.08. The first kappa shape index (κ1) is 25.9. The van der Waals surface area contributed by atoms with Crippen LogP contribution < -0.4 is 0 Å². The van der Waals surface area contributed by atoms with Gasteiger partial charge < -0.3 is 20.4 Å². The van der Waals surface area contributed by atoms with Crippen LogP contribution >= 0.6 is 0 Å². The highest BCUT2D eigenvalue weighted by molar-refractivity contribution is 5.71. The summed E-state index contributed by atoms with van der Waals surface area (Å²) in [6.45, 7) is 4.38. The maximum atomic E-state index is 11.2. The van der Waals surface area contributed by atoms with Crippen molar-refractivity contribution in [2.45, 2.75) is 26.2 Å². The van der Waals surface area contributed by atoms with Crippen molar-refractivity contribution < 1.29 is 20.4 Å². The molecule has 0 aliphatic heterocycles. The third-order valence-electron chi connectivity index (χ3n) is 7.04. The van der Waals surface area contributed by atoms with Crippen molar-refractivity contribution in [3.63, 3.8) is 0 Å². The van der Waals surface area contributed by atoms with Crippen molar-refractivity contribution >= 4 is 0 Å². The molecule has 0 saturated heterocycles. The van der Waals surface area contributed by atoms with Crippen molar-refractivity contribution in [2.75, 3.05) is 0 Å². The number of hydrogen-bond acceptors (Lipinski definition) is 4. The summed E-state index contributed by atoms with van der Waals surface area (Å²) >= 11 is 0. The highest BCUT2D eigenvalue weighted by atomic mass is 16.3. The van der Waals surface area contributed by atoms with Crippen molar-refractivity contribution in [3.05, 3.63) is 131 Å². The minimum atomic E-state index is -0.452. The lowest BCUT2D eigenvalue weighted by atomic mass is 9.81. The maximum Gasteiger partial charge on any atom is 0.119 e. The summed E-state index contributed by atoms with van der Waals surface area (Å²) in [5.41, 5.74) is 7.09. The number of hydrogen-bond donors (Lipinski definition) is 4. The molecule has 5 rings (SSSR count). The Morgan fingerprint density at radius 1 is 0.487 bits per heavy atom. The van der Waals surface area contributed by atoms with Crippen LogP contribution in [0.25, 0.3) is 22.3 Å². The van der Waals surface area contributed by atoms with E-state index in [0.717, 1.165) is 34.2 Å². The SMILES string of the molecule is CC(C)Cc1ccc(C(c2cc(-c3ccc(O)cc3)ccc2O)c2cc(-c3ccc(O)cc3)ccc2O)cc1. The molecule has 196 valence electrons. The molecule has 0 saturated carbocycles. The molecule has 4 heteroatoms. The van der Waals surface area contributed by atoms with E-state index < -0.39 is 5.92 Å². The van der Waals surface area contributed by atoms with Gasteiger partial charge in [0.1, 0.15) is 23.0 Å². The van der Waals surface area contributed by atoms with E-state index in [-0.39, 0.29) is 23.0 Å². The molecule has 4 nitrogen and oxygen atoms in total. The lowest BCUT2D eigenvalue weighted by Crippen LogP contribution is -2.06. The summed E-state index contributed by atoms with van der Waals surface area (Å²) in [4.78, 5) is 0. The van der Waals surface area contributed by atoms with Gasteiger partial charge in [-0.3, -0.25) is 0 Å². The molecular weight excluding hydrogens is 484 g/mol. The Bertz CT molecular complexity index is 1470. The first-order chi connectivity index (χ1) is 18.8. The predicted octanol–water partition coefficient (Wildman–Crippen LogP) is 8.22. The molecule has 4 N–H and O–H groups in total. The van der Waals surface area contributed by atoms with Crippen molar-refractivity contribution in [2.24, 2.45) is 5.92 Å². The molecule has 5 aromatic rings. The van der Waals surface area contributed by atoms with Crippen LogP contribution in [0.1, 0.15) is 42.0 Å². The third kappa shape index (κ3) is 5.75. The van der Waals surface area contributed by atoms with Gasteiger partial charge in [0.05, 0.1) is 0 Å². The van der Waals surface area contributed by atoms with E-state index in [9.17, 15) is 20.4 Å². The number of phenols is 4. The second-order valence-corrected chi connectivity index (χ2v) is 10.4. The summed E-state index contributed by atoms with van der Waals surface area (Å²) in [6, 6.07) is 33.2. The fraction of sp³-hybridized carbons (Fsp3) is 0.143. The Kier molecular flexibility index (Phi) is 7.29. The van der Waals surface area contributed by atoms with E-state index in [1.807, 2.05) is 48.5 Å². The van der Waals surface area contributed by atoms with Crippen molar-refractivity contribution in [1.82, 2.24) is 0 Å². The van der Waals surface area contributed by atoms with Crippen LogP contribution in [0, 0.1) is 5.92 Å². The Morgan fingerprint density at radius 3 is 1.31 bits per heavy atom. The quantitative estimate of drug-likeness (QED) is 0.164. The van der Waals surface area contributed by atoms with Gasteiger partial charge in [-0.2, -0.15) is 0 Å². The van der Waals surface area contributed by atoms with Gasteiger partial charge in [0.2, 0.25) is 0 Å². The molecule has 0 bridgehead atoms. The normalized spacial score (nSPS) is 11.3. The minimum absolute atomic E-state index is 0.128. The van der Waals surface area contributed by atoms with Gasteiger partial charge in [0.25, 0.3) is 0 Å². The zero-order valence-corrected chi connectivity index (χ0v) is 22.0. The highest BCUT2D eigenvalue weighted by Gasteiger charge is 2.24. The third-order valence-corrected chi connectivity index (χ3v) is 7.04. The van der Waals surface area contributed by atoms with Crippen LogP contribution in [0.4, 0.5) is 0 Å². The predicted molar refractivity (Wildman–Crippen MR) is 156 cm³/mol. The van der Waals surface area contributed by atoms with Crippen molar-refractivity contribution in [3.8, 4) is 45.3 Å². The van der Waals surface area contributed by atoms with Gasteiger partial charge in [-0.15, -0.1) is 0 Å². The summed E-state index contributed by atoms with van der Waals surface area (Å²) in [5.74, 6) is 0.712. The van der Waals surface area contributed by atoms with E-state index in [4.69, 9.17) is 0 Å². The van der Waals surface area contributed by atoms with E-state index in [0.29, 0.717) is 17.0 Å². The smallest absolute Gasteiger partial charge is 0.119 e. The van der Waals surface area contributed by atoms with Crippen LogP contribution in [0.2, 0.25) is 0 Å². The molecule has 0 unspecified atom stereocenters. The largest absolute Gasteiger partial charge is 0.508 e. The Morgan fingerprint density at radius 2 is 0.897 bits per heavy atom. The van der Waals surface area contributed by atoms with E-state index in [1.54, 1.807) is 36.4 Å². The average molecular weight is 517 g/mol. The lowest BCUT2D eigenvalue weighted by Gasteiger charge is -2.23. The monoisotopic (exact) mass is 516 g/mol. The molecule has 0 heterocycles. The van der Waals surface area contributed by atoms with Gasteiger partial charge in [-0.05, 0) is 94.3 Å². The number of aromatic hydroxyl groups is 4. The number of benzene rings is 5. The lowest BCUT2D eigenvalue weighted by molar-refractivity contribution is 0.458. The summed E-state index contributed by atoms with van der Waals surface area (Å²) in [5, 5.41) is 41.8. The first-order valence-corrected chi connectivity index (χ1v) is 13.1. The molecule has 0 atom stereocenters. The van der Waals surface area contributed by atoms with E-state index in [2.05, 4.69) is 38.1 Å². The minimum Gasteiger partial charge on any atom is -0.508 e. The Hall–Kier alpha value is -4.70. The molecule has 5 aromatic carbocycles. The standard InChI is InChI=1S/C35H32O4/c1-22(2)19-23-3-5-26(6-4-23)35(31-20-27(11-17-33(31)38)24-7-13-29(36)14-8-24)32-21-28(12-18-34(32)39)25-9-15-30(37)16-10-25/h3-18,20-22,35-39H,19H2,1-2H3. The zero-order valence-electron chi connectivity index (χ0n) is 22.0. The molecule has 0 aliphatic rings. The molecule has 0 radical (unpaired) electrons. The van der Waals surface area contributed by atoms with Crippen LogP contribution in [0.3, 0.4) is 0 Å². The molecule has 0 spiro atoms. The zero-order chi connectivity index (χ0) is 27.5. The van der Waals surface area contributed by atoms with Gasteiger partial charge in [-0.1, -0.05) is 74.5 Å². The molecule has 0 aromatic heterocycles. The highest BCUT2D eigenvalue weighted by Crippen LogP contribution is 2.43. The topological polar surface area (TPSA) is 80.9 Å². The Labute approximate surface area is 229 Å². The van der Waals surface area contributed by atoms with E-state index >= 15 is 0 Å². The van der Waals surface area contributed by atoms with Gasteiger partial charge in [-0.25, -0.2) is 0 Å². The summed E-state index contributed by atoms with van der Waals surface area (Å²) in [7, 11) is 0. The van der Waals surface area contributed by atoms with Crippen LogP contribution in [-0.4, -0.2) is 20.4 Å². The van der Waals surface area contributed by atoms with E-state index in [1.165, 1.54) is 5.56 Å². The molecule has 0 amide bonds. The number of phenolic OH excluding ortho intramolecular Hbond substituents is 4. The second kappa shape index (κ2) is 11.0. The van der Waals surface area contributed by atoms with Gasteiger partial charge in [0, 0.05) is 17.0 Å². The molecule has 0 aliphatic carbocycles. The first-order valence-electron chi connectivity index (χ1n) is 13.1. The molecule has 39 heavy (non-hydrogen) atoms. The number of rotatable bonds is 7. The van der Waals surface area contributed by atoms with Gasteiger partial charge >= 0.3 is 0 Å². The summed E-state index contributed by atoms with van der Waals surface area (Å²) < 4.78 is 0. The van der Waals surface area contributed by atoms with Crippen LogP contribution in [0.15, 0.2) is 109 Å². The molecular formula is C35H32O4. The maximum absolute atomic E-state index is 11.2. The molecule has 0 fully saturated rings. The van der Waals surface area contributed by atoms with Crippen LogP contribution in [-0.2, 0) is 6.42 Å². The second-order valence-electron chi connectivity index (χ2n) is 10.4. The van der Waals surface area contributed by atoms with Gasteiger partial charge in [0.15, 0.2) is 0 Å². The average Bonchev–Trinajstić information content (AvgIpc) is 2.92.